The van der Waals surface area contributed by atoms with Crippen molar-refractivity contribution in [1.82, 2.24) is 0 Å². The van der Waals surface area contributed by atoms with E-state index in [1.165, 1.54) is 32.1 Å². The van der Waals surface area contributed by atoms with Crippen molar-refractivity contribution in [2.24, 2.45) is 34.5 Å². The van der Waals surface area contributed by atoms with Crippen LogP contribution in [0.2, 0.25) is 0 Å². The van der Waals surface area contributed by atoms with Gasteiger partial charge >= 0.3 is 0 Å². The van der Waals surface area contributed by atoms with E-state index in [9.17, 15) is 10.4 Å². The predicted molar refractivity (Wildman–Crippen MR) is 96.9 cm³/mol. The third kappa shape index (κ3) is 2.06. The van der Waals surface area contributed by atoms with Gasteiger partial charge in [0.2, 0.25) is 0 Å². The summed E-state index contributed by atoms with van der Waals surface area (Å²) in [7, 11) is 0. The van der Waals surface area contributed by atoms with Crippen molar-refractivity contribution in [1.29, 1.82) is 5.26 Å². The zero-order valence-electron chi connectivity index (χ0n) is 16.3. The number of aliphatic hydroxyl groups is 1. The second-order valence-electron chi connectivity index (χ2n) is 10.4. The van der Waals surface area contributed by atoms with Crippen molar-refractivity contribution in [3.8, 4) is 6.07 Å². The van der Waals surface area contributed by atoms with E-state index in [1.54, 1.807) is 0 Å². The number of hydrogen-bond acceptors (Lipinski definition) is 4. The van der Waals surface area contributed by atoms with Crippen molar-refractivity contribution in [2.75, 3.05) is 13.2 Å². The molecule has 1 saturated heterocycles. The van der Waals surface area contributed by atoms with Crippen LogP contribution in [-0.4, -0.2) is 29.7 Å². The van der Waals surface area contributed by atoms with Gasteiger partial charge in [-0.05, 0) is 80.5 Å². The summed E-state index contributed by atoms with van der Waals surface area (Å²) in [6.45, 7) is 6.42. The molecule has 144 valence electrons. The molecule has 0 radical (unpaired) electrons. The monoisotopic (exact) mass is 359 g/mol. The van der Waals surface area contributed by atoms with Crippen LogP contribution in [0.3, 0.4) is 0 Å². The van der Waals surface area contributed by atoms with E-state index in [1.807, 2.05) is 0 Å². The second kappa shape index (κ2) is 5.46. The fraction of sp³-hybridized carbons (Fsp3) is 0.955. The average molecular weight is 360 g/mol. The maximum Gasteiger partial charge on any atom is 0.174 e. The van der Waals surface area contributed by atoms with Crippen LogP contribution in [0.25, 0.3) is 0 Å². The zero-order valence-corrected chi connectivity index (χ0v) is 16.3. The van der Waals surface area contributed by atoms with Crippen LogP contribution in [0.15, 0.2) is 0 Å². The molecule has 4 saturated carbocycles. The van der Waals surface area contributed by atoms with E-state index in [0.717, 1.165) is 37.9 Å². The molecule has 1 spiro atoms. The summed E-state index contributed by atoms with van der Waals surface area (Å²) in [6.07, 6.45) is 9.51. The van der Waals surface area contributed by atoms with Gasteiger partial charge in [0.05, 0.1) is 19.3 Å². The van der Waals surface area contributed by atoms with Crippen LogP contribution in [0.1, 0.15) is 71.6 Å². The Morgan fingerprint density at radius 1 is 0.923 bits per heavy atom. The third-order valence-corrected chi connectivity index (χ3v) is 9.73. The Labute approximate surface area is 157 Å². The summed E-state index contributed by atoms with van der Waals surface area (Å²) in [4.78, 5) is 0. The number of hydrogen-bond donors (Lipinski definition) is 1. The Hall–Kier alpha value is -0.630. The predicted octanol–water partition coefficient (Wildman–Crippen LogP) is 4.03. The summed E-state index contributed by atoms with van der Waals surface area (Å²) >= 11 is 0. The van der Waals surface area contributed by atoms with Gasteiger partial charge in [-0.1, -0.05) is 13.8 Å². The average Bonchev–Trinajstić information content (AvgIpc) is 3.22. The van der Waals surface area contributed by atoms with E-state index < -0.39 is 5.60 Å². The summed E-state index contributed by atoms with van der Waals surface area (Å²) in [5.74, 6) is 2.39. The molecule has 0 aromatic heterocycles. The number of ether oxygens (including phenoxy) is 2. The minimum absolute atomic E-state index is 0.163. The molecule has 0 aromatic carbocycles. The Bertz CT molecular complexity index is 638. The van der Waals surface area contributed by atoms with Gasteiger partial charge in [-0.15, -0.1) is 0 Å². The first-order valence-corrected chi connectivity index (χ1v) is 10.8. The Balaban J connectivity index is 1.43. The zero-order chi connectivity index (χ0) is 18.2. The molecule has 1 aliphatic heterocycles. The molecule has 26 heavy (non-hydrogen) atoms. The van der Waals surface area contributed by atoms with E-state index in [4.69, 9.17) is 9.47 Å². The highest BCUT2D eigenvalue weighted by Crippen LogP contribution is 2.69. The van der Waals surface area contributed by atoms with Crippen molar-refractivity contribution in [2.45, 2.75) is 83.0 Å². The summed E-state index contributed by atoms with van der Waals surface area (Å²) < 4.78 is 12.5. The highest BCUT2D eigenvalue weighted by molar-refractivity contribution is 5.15. The largest absolute Gasteiger partial charge is 0.375 e. The van der Waals surface area contributed by atoms with Crippen LogP contribution in [0, 0.1) is 45.8 Å². The molecular weight excluding hydrogens is 326 g/mol. The molecule has 0 aromatic rings. The molecule has 4 nitrogen and oxygen atoms in total. The highest BCUT2D eigenvalue weighted by atomic mass is 16.7. The lowest BCUT2D eigenvalue weighted by molar-refractivity contribution is -0.248. The maximum absolute atomic E-state index is 10.6. The summed E-state index contributed by atoms with van der Waals surface area (Å²) in [6, 6.07) is 2.20. The molecule has 0 unspecified atom stereocenters. The lowest BCUT2D eigenvalue weighted by atomic mass is 9.44. The van der Waals surface area contributed by atoms with Crippen molar-refractivity contribution in [3.63, 3.8) is 0 Å². The minimum atomic E-state index is -1.08. The van der Waals surface area contributed by atoms with Crippen molar-refractivity contribution < 1.29 is 14.6 Å². The first-order chi connectivity index (χ1) is 12.4. The molecule has 5 fully saturated rings. The molecule has 5 rings (SSSR count). The molecule has 1 N–H and O–H groups in total. The molecule has 5 aliphatic rings. The van der Waals surface area contributed by atoms with Crippen molar-refractivity contribution >= 4 is 0 Å². The topological polar surface area (TPSA) is 62.5 Å². The van der Waals surface area contributed by atoms with Gasteiger partial charge in [-0.2, -0.15) is 5.26 Å². The smallest absolute Gasteiger partial charge is 0.174 e. The Kier molecular flexibility index (Phi) is 3.67. The van der Waals surface area contributed by atoms with Gasteiger partial charge in [0.1, 0.15) is 0 Å². The molecule has 0 bridgehead atoms. The SMILES string of the molecule is C[C@]12CC[C@](O)(C#N)C[C@@H]1CC[C@H]1[C@H]2CC[C@@]2(C)[C@@H]1CCC21OCCO1. The third-order valence-electron chi connectivity index (χ3n) is 9.73. The molecule has 1 heterocycles. The number of fused-ring (bicyclic) bond motifs is 6. The summed E-state index contributed by atoms with van der Waals surface area (Å²) in [5, 5.41) is 20.0. The fourth-order valence-corrected chi connectivity index (χ4v) is 8.23. The summed E-state index contributed by atoms with van der Waals surface area (Å²) in [5.41, 5.74) is -0.625. The first kappa shape index (κ1) is 17.5. The molecule has 4 aliphatic carbocycles. The molecule has 7 atom stereocenters. The van der Waals surface area contributed by atoms with Crippen LogP contribution in [0.5, 0.6) is 0 Å². The van der Waals surface area contributed by atoms with Crippen LogP contribution >= 0.6 is 0 Å². The van der Waals surface area contributed by atoms with Crippen LogP contribution in [-0.2, 0) is 9.47 Å². The maximum atomic E-state index is 10.6. The lowest BCUT2D eigenvalue weighted by Crippen LogP contribution is -2.58. The number of nitrogens with zero attached hydrogens (tertiary/aromatic N) is 1. The van der Waals surface area contributed by atoms with Gasteiger partial charge in [-0.3, -0.25) is 0 Å². The van der Waals surface area contributed by atoms with Gasteiger partial charge < -0.3 is 14.6 Å². The molecular formula is C22H33NO3. The van der Waals surface area contributed by atoms with Gasteiger partial charge in [-0.25, -0.2) is 0 Å². The lowest BCUT2D eigenvalue weighted by Gasteiger charge is -2.61. The van der Waals surface area contributed by atoms with Gasteiger partial charge in [0, 0.05) is 11.8 Å². The number of rotatable bonds is 0. The molecule has 0 amide bonds. The van der Waals surface area contributed by atoms with E-state index in [2.05, 4.69) is 19.9 Å². The first-order valence-electron chi connectivity index (χ1n) is 10.8. The van der Waals surface area contributed by atoms with Gasteiger partial charge in [0.15, 0.2) is 11.4 Å². The minimum Gasteiger partial charge on any atom is -0.375 e. The Morgan fingerprint density at radius 2 is 1.65 bits per heavy atom. The molecule has 4 heteroatoms. The highest BCUT2D eigenvalue weighted by Gasteiger charge is 2.67. The van der Waals surface area contributed by atoms with Crippen LogP contribution in [0.4, 0.5) is 0 Å². The Morgan fingerprint density at radius 3 is 2.38 bits per heavy atom. The van der Waals surface area contributed by atoms with E-state index >= 15 is 0 Å². The number of nitriles is 1. The van der Waals surface area contributed by atoms with Gasteiger partial charge in [0.25, 0.3) is 0 Å². The van der Waals surface area contributed by atoms with E-state index in [-0.39, 0.29) is 11.2 Å². The second-order valence-corrected chi connectivity index (χ2v) is 10.4. The van der Waals surface area contributed by atoms with Crippen molar-refractivity contribution in [3.05, 3.63) is 0 Å². The normalized spacial score (nSPS) is 55.0. The standard InChI is InChI=1S/C22H33NO3/c1-19-9-10-21(24,14-23)13-15(19)3-4-16-17(19)5-7-20(2)18(16)6-8-22(20)25-11-12-26-22/h15-18,24H,3-13H2,1-2H3/t15-,16-,17+,18+,19-,20-,21+/m0/s1. The fourth-order valence-electron chi connectivity index (χ4n) is 8.23. The van der Waals surface area contributed by atoms with Crippen LogP contribution < -0.4 is 0 Å². The quantitative estimate of drug-likeness (QED) is 0.663. The van der Waals surface area contributed by atoms with E-state index in [0.29, 0.717) is 30.1 Å².